The molecule has 1 atom stereocenters. The summed E-state index contributed by atoms with van der Waals surface area (Å²) in [4.78, 5) is 2.56. The van der Waals surface area contributed by atoms with Crippen molar-refractivity contribution in [1.82, 2.24) is 9.21 Å². The molecular weight excluding hydrogens is 372 g/mol. The molecule has 0 unspecified atom stereocenters. The molecular formula is C22H28N2O3S. The third-order valence-corrected chi connectivity index (χ3v) is 7.80. The van der Waals surface area contributed by atoms with Crippen molar-refractivity contribution in [3.63, 3.8) is 0 Å². The Labute approximate surface area is 167 Å². The van der Waals surface area contributed by atoms with Crippen LogP contribution in [-0.4, -0.2) is 55.5 Å². The average molecular weight is 401 g/mol. The molecule has 1 N–H and O–H groups in total. The Hall–Kier alpha value is -1.73. The maximum absolute atomic E-state index is 13.1. The fourth-order valence-electron chi connectivity index (χ4n) is 4.20. The van der Waals surface area contributed by atoms with Crippen LogP contribution in [0.25, 0.3) is 0 Å². The fourth-order valence-corrected chi connectivity index (χ4v) is 5.67. The summed E-state index contributed by atoms with van der Waals surface area (Å²) in [6, 6.07) is 15.3. The molecule has 28 heavy (non-hydrogen) atoms. The van der Waals surface area contributed by atoms with E-state index in [2.05, 4.69) is 4.90 Å². The molecule has 1 heterocycles. The molecule has 2 aromatic rings. The zero-order chi connectivity index (χ0) is 19.6. The largest absolute Gasteiger partial charge is 0.387 e. The zero-order valence-electron chi connectivity index (χ0n) is 16.1. The van der Waals surface area contributed by atoms with Gasteiger partial charge in [-0.2, -0.15) is 4.31 Å². The van der Waals surface area contributed by atoms with E-state index in [1.54, 1.807) is 10.4 Å². The standard InChI is InChI=1S/C22H28N2O3S/c25-22(19-7-2-1-3-8-19)17-23-12-14-24(15-13-23)28(26,27)21-11-10-18-6-4-5-9-20(18)16-21/h1-3,7-8,10-11,16,22,25H,4-6,9,12-15,17H2/t22-/m0/s1. The molecule has 4 rings (SSSR count). The van der Waals surface area contributed by atoms with Crippen LogP contribution in [0.3, 0.4) is 0 Å². The van der Waals surface area contributed by atoms with Crippen molar-refractivity contribution in [3.8, 4) is 0 Å². The fraction of sp³-hybridized carbons (Fsp3) is 0.455. The summed E-state index contributed by atoms with van der Waals surface area (Å²) >= 11 is 0. The highest BCUT2D eigenvalue weighted by atomic mass is 32.2. The number of aliphatic hydroxyl groups is 1. The topological polar surface area (TPSA) is 60.9 Å². The first-order chi connectivity index (χ1) is 13.5. The zero-order valence-corrected chi connectivity index (χ0v) is 16.9. The van der Waals surface area contributed by atoms with Gasteiger partial charge in [-0.05, 0) is 54.5 Å². The quantitative estimate of drug-likeness (QED) is 0.838. The lowest BCUT2D eigenvalue weighted by Gasteiger charge is -2.35. The van der Waals surface area contributed by atoms with Crippen molar-refractivity contribution >= 4 is 10.0 Å². The van der Waals surface area contributed by atoms with Crippen LogP contribution in [0.15, 0.2) is 53.4 Å². The minimum Gasteiger partial charge on any atom is -0.387 e. The number of benzene rings is 2. The predicted octanol–water partition coefficient (Wildman–Crippen LogP) is 2.61. The Morgan fingerprint density at radius 3 is 2.29 bits per heavy atom. The summed E-state index contributed by atoms with van der Waals surface area (Å²) in [6.45, 7) is 2.71. The van der Waals surface area contributed by atoms with Crippen LogP contribution in [-0.2, 0) is 22.9 Å². The molecule has 1 fully saturated rings. The van der Waals surface area contributed by atoms with E-state index in [0.717, 1.165) is 24.8 Å². The van der Waals surface area contributed by atoms with Gasteiger partial charge in [0, 0.05) is 32.7 Å². The Bertz CT molecular complexity index is 907. The number of sulfonamides is 1. The number of rotatable bonds is 5. The van der Waals surface area contributed by atoms with Gasteiger partial charge in [-0.1, -0.05) is 36.4 Å². The SMILES string of the molecule is O=S(=O)(c1ccc2c(c1)CCCC2)N1CCN(C[C@H](O)c2ccccc2)CC1. The molecule has 0 aromatic heterocycles. The summed E-state index contributed by atoms with van der Waals surface area (Å²) in [6.07, 6.45) is 3.81. The van der Waals surface area contributed by atoms with E-state index in [1.807, 2.05) is 42.5 Å². The van der Waals surface area contributed by atoms with Crippen LogP contribution >= 0.6 is 0 Å². The second-order valence-electron chi connectivity index (χ2n) is 7.77. The third-order valence-electron chi connectivity index (χ3n) is 5.90. The van der Waals surface area contributed by atoms with Crippen molar-refractivity contribution < 1.29 is 13.5 Å². The molecule has 150 valence electrons. The van der Waals surface area contributed by atoms with Crippen molar-refractivity contribution in [2.24, 2.45) is 0 Å². The van der Waals surface area contributed by atoms with E-state index in [0.29, 0.717) is 37.6 Å². The number of aliphatic hydroxyl groups excluding tert-OH is 1. The maximum Gasteiger partial charge on any atom is 0.243 e. The molecule has 0 radical (unpaired) electrons. The van der Waals surface area contributed by atoms with Crippen molar-refractivity contribution in [3.05, 3.63) is 65.2 Å². The Morgan fingerprint density at radius 2 is 1.57 bits per heavy atom. The molecule has 0 saturated carbocycles. The van der Waals surface area contributed by atoms with Gasteiger partial charge in [0.2, 0.25) is 10.0 Å². The lowest BCUT2D eigenvalue weighted by molar-refractivity contribution is 0.0921. The number of fused-ring (bicyclic) bond motifs is 1. The van der Waals surface area contributed by atoms with Gasteiger partial charge in [-0.25, -0.2) is 8.42 Å². The predicted molar refractivity (Wildman–Crippen MR) is 110 cm³/mol. The minimum absolute atomic E-state index is 0.422. The van der Waals surface area contributed by atoms with Crippen molar-refractivity contribution in [2.75, 3.05) is 32.7 Å². The van der Waals surface area contributed by atoms with Gasteiger partial charge in [-0.3, -0.25) is 4.90 Å². The van der Waals surface area contributed by atoms with Crippen LogP contribution < -0.4 is 0 Å². The first-order valence-corrected chi connectivity index (χ1v) is 11.6. The number of aryl methyl sites for hydroxylation is 2. The first-order valence-electron chi connectivity index (χ1n) is 10.1. The second kappa shape index (κ2) is 8.33. The molecule has 0 amide bonds. The molecule has 1 saturated heterocycles. The number of hydrogen-bond acceptors (Lipinski definition) is 4. The van der Waals surface area contributed by atoms with Gasteiger partial charge in [0.15, 0.2) is 0 Å². The van der Waals surface area contributed by atoms with E-state index in [1.165, 1.54) is 17.5 Å². The average Bonchev–Trinajstić information content (AvgIpc) is 2.74. The molecule has 6 heteroatoms. The van der Waals surface area contributed by atoms with Crippen molar-refractivity contribution in [2.45, 2.75) is 36.7 Å². The van der Waals surface area contributed by atoms with Gasteiger partial charge in [0.1, 0.15) is 0 Å². The maximum atomic E-state index is 13.1. The third kappa shape index (κ3) is 4.15. The van der Waals surface area contributed by atoms with Gasteiger partial charge < -0.3 is 5.11 Å². The molecule has 2 aromatic carbocycles. The summed E-state index contributed by atoms with van der Waals surface area (Å²) in [5.74, 6) is 0. The summed E-state index contributed by atoms with van der Waals surface area (Å²) < 4.78 is 27.7. The normalized spacial score (nSPS) is 19.9. The Morgan fingerprint density at radius 1 is 0.893 bits per heavy atom. The lowest BCUT2D eigenvalue weighted by atomic mass is 9.92. The van der Waals surface area contributed by atoms with Gasteiger partial charge in [-0.15, -0.1) is 0 Å². The number of piperazine rings is 1. The van der Waals surface area contributed by atoms with Crippen LogP contribution in [0.5, 0.6) is 0 Å². The summed E-state index contributed by atoms with van der Waals surface area (Å²) in [5.41, 5.74) is 3.38. The Balaban J connectivity index is 1.39. The first kappa shape index (κ1) is 19.6. The molecule has 1 aliphatic heterocycles. The lowest BCUT2D eigenvalue weighted by Crippen LogP contribution is -2.49. The van der Waals surface area contributed by atoms with Crippen LogP contribution in [0, 0.1) is 0 Å². The molecule has 1 aliphatic carbocycles. The van der Waals surface area contributed by atoms with E-state index in [-0.39, 0.29) is 0 Å². The van der Waals surface area contributed by atoms with Crippen LogP contribution in [0.4, 0.5) is 0 Å². The highest BCUT2D eigenvalue weighted by molar-refractivity contribution is 7.89. The van der Waals surface area contributed by atoms with E-state index < -0.39 is 16.1 Å². The highest BCUT2D eigenvalue weighted by Crippen LogP contribution is 2.26. The molecule has 0 bridgehead atoms. The molecule has 0 spiro atoms. The molecule has 5 nitrogen and oxygen atoms in total. The molecule has 2 aliphatic rings. The van der Waals surface area contributed by atoms with Gasteiger partial charge >= 0.3 is 0 Å². The van der Waals surface area contributed by atoms with Crippen LogP contribution in [0.1, 0.15) is 35.6 Å². The van der Waals surface area contributed by atoms with Crippen LogP contribution in [0.2, 0.25) is 0 Å². The Kier molecular flexibility index (Phi) is 5.83. The number of β-amino-alcohol motifs (C(OH)–C–C–N with tert-alkyl or cyclic N) is 1. The van der Waals surface area contributed by atoms with Gasteiger partial charge in [0.25, 0.3) is 0 Å². The minimum atomic E-state index is -3.46. The highest BCUT2D eigenvalue weighted by Gasteiger charge is 2.29. The number of hydrogen-bond donors (Lipinski definition) is 1. The van der Waals surface area contributed by atoms with E-state index >= 15 is 0 Å². The van der Waals surface area contributed by atoms with E-state index in [9.17, 15) is 13.5 Å². The second-order valence-corrected chi connectivity index (χ2v) is 9.71. The summed E-state index contributed by atoms with van der Waals surface area (Å²) in [5, 5.41) is 10.4. The summed E-state index contributed by atoms with van der Waals surface area (Å²) in [7, 11) is -3.46. The van der Waals surface area contributed by atoms with Crippen molar-refractivity contribution in [1.29, 1.82) is 0 Å². The smallest absolute Gasteiger partial charge is 0.243 e. The van der Waals surface area contributed by atoms with Gasteiger partial charge in [0.05, 0.1) is 11.0 Å². The number of nitrogens with zero attached hydrogens (tertiary/aromatic N) is 2. The van der Waals surface area contributed by atoms with E-state index in [4.69, 9.17) is 0 Å². The monoisotopic (exact) mass is 400 g/mol.